The van der Waals surface area contributed by atoms with Gasteiger partial charge in [0.2, 0.25) is 0 Å². The number of thioether (sulfide) groups is 1. The number of hydrogen-bond acceptors (Lipinski definition) is 6. The molecule has 0 fully saturated rings. The number of nitrogens with one attached hydrogen (secondary N) is 1. The van der Waals surface area contributed by atoms with Crippen LogP contribution < -0.4 is 20.5 Å². The highest BCUT2D eigenvalue weighted by Gasteiger charge is 2.42. The molecule has 1 heterocycles. The van der Waals surface area contributed by atoms with Gasteiger partial charge in [-0.25, -0.2) is 0 Å². The Bertz CT molecular complexity index is 921. The molecule has 1 unspecified atom stereocenters. The van der Waals surface area contributed by atoms with Crippen molar-refractivity contribution in [2.45, 2.75) is 25.0 Å². The monoisotopic (exact) mass is 421 g/mol. The minimum Gasteiger partial charge on any atom is -0.497 e. The van der Waals surface area contributed by atoms with Gasteiger partial charge >= 0.3 is 12.0 Å². The van der Waals surface area contributed by atoms with Gasteiger partial charge in [0.1, 0.15) is 11.5 Å². The van der Waals surface area contributed by atoms with E-state index >= 15 is 0 Å². The fourth-order valence-electron chi connectivity index (χ4n) is 2.86. The van der Waals surface area contributed by atoms with E-state index in [1.54, 1.807) is 24.3 Å². The van der Waals surface area contributed by atoms with Crippen LogP contribution in [-0.4, -0.2) is 30.0 Å². The molecule has 2 aromatic carbocycles. The number of nitrogens with zero attached hydrogens (tertiary/aromatic N) is 1. The van der Waals surface area contributed by atoms with Crippen LogP contribution in [0.5, 0.6) is 11.5 Å². The molecule has 154 valence electrons. The third-order valence-electron chi connectivity index (χ3n) is 4.51. The third-order valence-corrected chi connectivity index (χ3v) is 5.31. The second kappa shape index (κ2) is 8.28. The Morgan fingerprint density at radius 3 is 2.62 bits per heavy atom. The Labute approximate surface area is 171 Å². The first kappa shape index (κ1) is 20.9. The van der Waals surface area contributed by atoms with E-state index in [0.717, 1.165) is 5.75 Å². The van der Waals surface area contributed by atoms with Crippen LogP contribution in [0.1, 0.15) is 18.9 Å². The Kier molecular flexibility index (Phi) is 5.97. The highest BCUT2D eigenvalue weighted by Crippen LogP contribution is 2.37. The Balaban J connectivity index is 1.74. The van der Waals surface area contributed by atoms with Crippen LogP contribution >= 0.6 is 11.8 Å². The van der Waals surface area contributed by atoms with Gasteiger partial charge in [-0.3, -0.25) is 9.79 Å². The van der Waals surface area contributed by atoms with Crippen molar-refractivity contribution in [1.82, 2.24) is 0 Å². The number of carbonyl (C=O) groups excluding carboxylic acids is 1. The molecule has 9 heteroatoms. The van der Waals surface area contributed by atoms with Crippen molar-refractivity contribution in [2.75, 3.05) is 18.2 Å². The fraction of sp³-hybridized carbons (Fsp3) is 0.300. The average molecular weight is 421 g/mol. The zero-order chi connectivity index (χ0) is 21.1. The highest BCUT2D eigenvalue weighted by molar-refractivity contribution is 8.13. The van der Waals surface area contributed by atoms with Gasteiger partial charge < -0.3 is 20.5 Å². The van der Waals surface area contributed by atoms with Crippen LogP contribution in [-0.2, 0) is 10.3 Å². The van der Waals surface area contributed by atoms with E-state index < -0.39 is 17.6 Å². The first-order valence-electron chi connectivity index (χ1n) is 8.83. The Morgan fingerprint density at radius 1 is 1.24 bits per heavy atom. The smallest absolute Gasteiger partial charge is 0.482 e. The van der Waals surface area contributed by atoms with Gasteiger partial charge in [0.25, 0.3) is 0 Å². The predicted octanol–water partition coefficient (Wildman–Crippen LogP) is 3.97. The predicted molar refractivity (Wildman–Crippen MR) is 110 cm³/mol. The number of hydrogen-bond donors (Lipinski definition) is 2. The second-order valence-electron chi connectivity index (χ2n) is 6.65. The van der Waals surface area contributed by atoms with Crippen LogP contribution in [0.25, 0.3) is 0 Å². The van der Waals surface area contributed by atoms with Gasteiger partial charge in [-0.2, -0.15) is 8.78 Å². The number of ether oxygens (including phenoxy) is 2. The Hall–Kier alpha value is -2.81. The number of nitrogens with two attached hydrogens (primary N) is 1. The topological polar surface area (TPSA) is 85.9 Å². The lowest BCUT2D eigenvalue weighted by molar-refractivity contribution is -0.187. The maximum atomic E-state index is 14.4. The average Bonchev–Trinajstić information content (AvgIpc) is 2.68. The van der Waals surface area contributed by atoms with Crippen LogP contribution in [0.15, 0.2) is 53.5 Å². The number of alkyl halides is 2. The summed E-state index contributed by atoms with van der Waals surface area (Å²) >= 11 is 1.45. The lowest BCUT2D eigenvalue weighted by atomic mass is 9.90. The van der Waals surface area contributed by atoms with Crippen LogP contribution in [0.2, 0.25) is 0 Å². The molecule has 0 aromatic heterocycles. The zero-order valence-electron chi connectivity index (χ0n) is 15.9. The number of anilines is 1. The molecule has 0 bridgehead atoms. The molecule has 0 spiro atoms. The molecular formula is C20H21F2N3O3S. The first-order chi connectivity index (χ1) is 13.7. The maximum Gasteiger partial charge on any atom is 0.482 e. The number of methoxy groups -OCH3 is 1. The molecule has 0 saturated heterocycles. The van der Waals surface area contributed by atoms with Gasteiger partial charge in [-0.1, -0.05) is 23.9 Å². The number of aliphatic imine (C=N–C) groups is 1. The summed E-state index contributed by atoms with van der Waals surface area (Å²) < 4.78 is 38.4. The number of amidine groups is 1. The number of benzene rings is 2. The number of amides is 1. The number of halogens is 2. The molecule has 3 rings (SSSR count). The summed E-state index contributed by atoms with van der Waals surface area (Å²) in [5.41, 5.74) is 6.07. The summed E-state index contributed by atoms with van der Waals surface area (Å²) in [5, 5.41) is 2.59. The van der Waals surface area contributed by atoms with Crippen LogP contribution in [0.4, 0.5) is 14.5 Å². The normalized spacial score (nSPS) is 19.2. The summed E-state index contributed by atoms with van der Waals surface area (Å²) in [6.45, 7) is 1.88. The van der Waals surface area contributed by atoms with E-state index in [-0.39, 0.29) is 11.4 Å². The Morgan fingerprint density at radius 2 is 1.97 bits per heavy atom. The molecule has 0 radical (unpaired) electrons. The third kappa shape index (κ3) is 4.97. The number of rotatable bonds is 6. The maximum absolute atomic E-state index is 14.4. The van der Waals surface area contributed by atoms with Crippen molar-refractivity contribution in [3.05, 3.63) is 54.1 Å². The van der Waals surface area contributed by atoms with Crippen LogP contribution in [0.3, 0.4) is 0 Å². The standard InChI is InChI=1S/C20H21F2N3O3S/c1-19(10-11-29-18(23)25-19)13-4-3-5-16(12-13)28-20(21,22)17(26)24-14-6-8-15(27-2)9-7-14/h3-9,12H,10-11H2,1-2H3,(H2,23,25)(H,24,26). The molecule has 3 N–H and O–H groups in total. The van der Waals surface area contributed by atoms with Crippen LogP contribution in [0, 0.1) is 0 Å². The summed E-state index contributed by atoms with van der Waals surface area (Å²) in [4.78, 5) is 16.5. The summed E-state index contributed by atoms with van der Waals surface area (Å²) in [6.07, 6.45) is -3.36. The summed E-state index contributed by atoms with van der Waals surface area (Å²) in [7, 11) is 1.48. The molecular weight excluding hydrogens is 400 g/mol. The summed E-state index contributed by atoms with van der Waals surface area (Å²) in [5.74, 6) is -0.390. The zero-order valence-corrected chi connectivity index (χ0v) is 16.8. The molecule has 1 aliphatic rings. The van der Waals surface area contributed by atoms with E-state index in [1.165, 1.54) is 43.1 Å². The SMILES string of the molecule is COc1ccc(NC(=O)C(F)(F)Oc2cccc(C3(C)CCSC(N)=N3)c2)cc1. The second-order valence-corrected chi connectivity index (χ2v) is 7.77. The van der Waals surface area contributed by atoms with E-state index in [1.807, 2.05) is 6.92 Å². The lowest BCUT2D eigenvalue weighted by Crippen LogP contribution is -2.40. The van der Waals surface area contributed by atoms with Gasteiger partial charge in [-0.05, 0) is 55.3 Å². The van der Waals surface area contributed by atoms with Gasteiger partial charge in [0.15, 0.2) is 5.17 Å². The molecule has 1 amide bonds. The van der Waals surface area contributed by atoms with E-state index in [2.05, 4.69) is 10.3 Å². The molecule has 1 atom stereocenters. The van der Waals surface area contributed by atoms with Crippen molar-refractivity contribution in [2.24, 2.45) is 10.7 Å². The number of carbonyl (C=O) groups is 1. The molecule has 1 aliphatic heterocycles. The molecule has 2 aromatic rings. The van der Waals surface area contributed by atoms with E-state index in [9.17, 15) is 13.6 Å². The quantitative estimate of drug-likeness (QED) is 0.737. The minimum atomic E-state index is -4.07. The minimum absolute atomic E-state index is 0.134. The van der Waals surface area contributed by atoms with Crippen molar-refractivity contribution in [3.8, 4) is 11.5 Å². The largest absolute Gasteiger partial charge is 0.497 e. The molecule has 0 aliphatic carbocycles. The van der Waals surface area contributed by atoms with E-state index in [0.29, 0.717) is 22.9 Å². The first-order valence-corrected chi connectivity index (χ1v) is 9.81. The molecule has 29 heavy (non-hydrogen) atoms. The molecule has 0 saturated carbocycles. The highest BCUT2D eigenvalue weighted by atomic mass is 32.2. The summed E-state index contributed by atoms with van der Waals surface area (Å²) in [6, 6.07) is 12.2. The van der Waals surface area contributed by atoms with Crippen molar-refractivity contribution >= 4 is 28.5 Å². The van der Waals surface area contributed by atoms with Crippen molar-refractivity contribution in [1.29, 1.82) is 0 Å². The van der Waals surface area contributed by atoms with E-state index in [4.69, 9.17) is 15.2 Å². The van der Waals surface area contributed by atoms with Gasteiger partial charge in [-0.15, -0.1) is 0 Å². The van der Waals surface area contributed by atoms with Crippen molar-refractivity contribution < 1.29 is 23.0 Å². The van der Waals surface area contributed by atoms with Crippen molar-refractivity contribution in [3.63, 3.8) is 0 Å². The lowest BCUT2D eigenvalue weighted by Gasteiger charge is -2.30. The molecule has 6 nitrogen and oxygen atoms in total. The van der Waals surface area contributed by atoms with Gasteiger partial charge in [0.05, 0.1) is 12.6 Å². The van der Waals surface area contributed by atoms with Gasteiger partial charge in [0, 0.05) is 11.4 Å². The fourth-order valence-corrected chi connectivity index (χ4v) is 3.84.